The van der Waals surface area contributed by atoms with Crippen LogP contribution >= 0.6 is 24.0 Å². The van der Waals surface area contributed by atoms with E-state index in [0.717, 1.165) is 50.3 Å². The third-order valence-electron chi connectivity index (χ3n) is 4.64. The zero-order valence-corrected chi connectivity index (χ0v) is 17.7. The number of aromatic nitrogens is 1. The van der Waals surface area contributed by atoms with Crippen LogP contribution in [0.1, 0.15) is 31.4 Å². The standard InChI is InChI=1S/C18H29N5O.HI/c1-19-17(21-13-9-15-8-4-7-12-20-15)22-14-18(10-5-6-11-18)16(24)23(2)3;/h4,7-8,12H,5-6,9-11,13-14H2,1-3H3,(H2,19,21,22);1H. The van der Waals surface area contributed by atoms with Crippen molar-refractivity contribution in [1.82, 2.24) is 20.5 Å². The van der Waals surface area contributed by atoms with E-state index >= 15 is 0 Å². The summed E-state index contributed by atoms with van der Waals surface area (Å²) in [6, 6.07) is 5.92. The second-order valence-corrected chi connectivity index (χ2v) is 6.61. The summed E-state index contributed by atoms with van der Waals surface area (Å²) in [7, 11) is 5.43. The van der Waals surface area contributed by atoms with Crippen LogP contribution in [0.5, 0.6) is 0 Å². The molecule has 0 radical (unpaired) electrons. The molecule has 1 aromatic rings. The van der Waals surface area contributed by atoms with Gasteiger partial charge in [-0.15, -0.1) is 24.0 Å². The summed E-state index contributed by atoms with van der Waals surface area (Å²) in [5.41, 5.74) is 0.762. The Morgan fingerprint density at radius 1 is 1.28 bits per heavy atom. The Labute approximate surface area is 167 Å². The van der Waals surface area contributed by atoms with Gasteiger partial charge in [0.2, 0.25) is 5.91 Å². The fourth-order valence-corrected chi connectivity index (χ4v) is 3.32. The molecule has 140 valence electrons. The van der Waals surface area contributed by atoms with E-state index in [1.54, 1.807) is 18.1 Å². The quantitative estimate of drug-likeness (QED) is 0.388. The van der Waals surface area contributed by atoms with Crippen molar-refractivity contribution in [2.24, 2.45) is 10.4 Å². The first-order valence-electron chi connectivity index (χ1n) is 8.63. The number of aliphatic imine (C=N–C) groups is 1. The molecule has 0 spiro atoms. The summed E-state index contributed by atoms with van der Waals surface area (Å²) in [5.74, 6) is 0.959. The van der Waals surface area contributed by atoms with E-state index in [9.17, 15) is 4.79 Å². The minimum Gasteiger partial charge on any atom is -0.356 e. The minimum atomic E-state index is -0.290. The second kappa shape index (κ2) is 10.6. The van der Waals surface area contributed by atoms with Gasteiger partial charge in [0, 0.05) is 52.5 Å². The number of pyridine rings is 1. The highest BCUT2D eigenvalue weighted by atomic mass is 127. The number of nitrogens with zero attached hydrogens (tertiary/aromatic N) is 3. The summed E-state index contributed by atoms with van der Waals surface area (Å²) in [4.78, 5) is 22.9. The van der Waals surface area contributed by atoms with Crippen molar-refractivity contribution in [1.29, 1.82) is 0 Å². The van der Waals surface area contributed by atoms with Crippen molar-refractivity contribution in [3.05, 3.63) is 30.1 Å². The number of carbonyl (C=O) groups excluding carboxylic acids is 1. The van der Waals surface area contributed by atoms with Crippen molar-refractivity contribution in [3.63, 3.8) is 0 Å². The first kappa shape index (κ1) is 21.7. The number of amides is 1. The van der Waals surface area contributed by atoms with Crippen LogP contribution in [0.15, 0.2) is 29.4 Å². The molecule has 0 bridgehead atoms. The second-order valence-electron chi connectivity index (χ2n) is 6.61. The molecule has 0 aromatic carbocycles. The first-order valence-corrected chi connectivity index (χ1v) is 8.63. The number of hydrogen-bond donors (Lipinski definition) is 2. The van der Waals surface area contributed by atoms with Gasteiger partial charge in [0.25, 0.3) is 0 Å². The molecule has 7 heteroatoms. The smallest absolute Gasteiger partial charge is 0.230 e. The van der Waals surface area contributed by atoms with Crippen LogP contribution in [-0.4, -0.2) is 56.0 Å². The molecule has 1 aromatic heterocycles. The molecular weight excluding hydrogens is 429 g/mol. The van der Waals surface area contributed by atoms with Crippen molar-refractivity contribution >= 4 is 35.8 Å². The average molecular weight is 459 g/mol. The Kier molecular flexibility index (Phi) is 9.16. The normalized spacial score (nSPS) is 16.0. The van der Waals surface area contributed by atoms with E-state index in [2.05, 4.69) is 20.6 Å². The van der Waals surface area contributed by atoms with Gasteiger partial charge in [0.15, 0.2) is 5.96 Å². The van der Waals surface area contributed by atoms with Gasteiger partial charge in [-0.1, -0.05) is 18.9 Å². The molecule has 1 fully saturated rings. The maximum atomic E-state index is 12.6. The molecule has 0 aliphatic heterocycles. The third kappa shape index (κ3) is 6.13. The maximum absolute atomic E-state index is 12.6. The van der Waals surface area contributed by atoms with Gasteiger partial charge in [-0.05, 0) is 25.0 Å². The van der Waals surface area contributed by atoms with Crippen molar-refractivity contribution in [3.8, 4) is 0 Å². The molecular formula is C18H30IN5O. The summed E-state index contributed by atoms with van der Waals surface area (Å²) in [6.45, 7) is 1.39. The summed E-state index contributed by atoms with van der Waals surface area (Å²) in [6.07, 6.45) is 6.77. The fraction of sp³-hybridized carbons (Fsp3) is 0.611. The lowest BCUT2D eigenvalue weighted by Gasteiger charge is -2.31. The van der Waals surface area contributed by atoms with E-state index in [1.807, 2.05) is 32.3 Å². The molecule has 1 aliphatic rings. The predicted molar refractivity (Wildman–Crippen MR) is 112 cm³/mol. The molecule has 1 heterocycles. The van der Waals surface area contributed by atoms with Gasteiger partial charge in [0.05, 0.1) is 5.41 Å². The number of halogens is 1. The molecule has 0 saturated heterocycles. The largest absolute Gasteiger partial charge is 0.356 e. The van der Waals surface area contributed by atoms with Crippen LogP contribution in [0, 0.1) is 5.41 Å². The molecule has 6 nitrogen and oxygen atoms in total. The third-order valence-corrected chi connectivity index (χ3v) is 4.64. The monoisotopic (exact) mass is 459 g/mol. The SMILES string of the molecule is CN=C(NCCc1ccccn1)NCC1(C(=O)N(C)C)CCCC1.I. The van der Waals surface area contributed by atoms with Crippen LogP contribution in [0.3, 0.4) is 0 Å². The zero-order valence-electron chi connectivity index (χ0n) is 15.4. The molecule has 2 rings (SSSR count). The predicted octanol–water partition coefficient (Wildman–Crippen LogP) is 2.06. The number of nitrogens with one attached hydrogen (secondary N) is 2. The molecule has 1 aliphatic carbocycles. The topological polar surface area (TPSA) is 69.6 Å². The van der Waals surface area contributed by atoms with Crippen molar-refractivity contribution < 1.29 is 4.79 Å². The maximum Gasteiger partial charge on any atom is 0.230 e. The zero-order chi connectivity index (χ0) is 17.4. The van der Waals surface area contributed by atoms with Gasteiger partial charge >= 0.3 is 0 Å². The molecule has 0 unspecified atom stereocenters. The fourth-order valence-electron chi connectivity index (χ4n) is 3.32. The van der Waals surface area contributed by atoms with Crippen LogP contribution in [0.2, 0.25) is 0 Å². The number of guanidine groups is 1. The number of hydrogen-bond acceptors (Lipinski definition) is 3. The van der Waals surface area contributed by atoms with E-state index in [1.165, 1.54) is 0 Å². The highest BCUT2D eigenvalue weighted by Crippen LogP contribution is 2.38. The highest BCUT2D eigenvalue weighted by Gasteiger charge is 2.42. The molecule has 1 amide bonds. The Hall–Kier alpha value is -1.38. The first-order chi connectivity index (χ1) is 11.6. The lowest BCUT2D eigenvalue weighted by Crippen LogP contribution is -2.49. The van der Waals surface area contributed by atoms with Crippen molar-refractivity contribution in [2.45, 2.75) is 32.1 Å². The summed E-state index contributed by atoms with van der Waals surface area (Å²) in [5, 5.41) is 6.65. The van der Waals surface area contributed by atoms with E-state index in [0.29, 0.717) is 6.54 Å². The van der Waals surface area contributed by atoms with Gasteiger partial charge in [-0.25, -0.2) is 0 Å². The van der Waals surface area contributed by atoms with Crippen LogP contribution in [0.4, 0.5) is 0 Å². The lowest BCUT2D eigenvalue weighted by atomic mass is 9.84. The minimum absolute atomic E-state index is 0. The van der Waals surface area contributed by atoms with Crippen LogP contribution < -0.4 is 10.6 Å². The van der Waals surface area contributed by atoms with Crippen molar-refractivity contribution in [2.75, 3.05) is 34.2 Å². The Bertz CT molecular complexity index is 556. The van der Waals surface area contributed by atoms with E-state index < -0.39 is 0 Å². The van der Waals surface area contributed by atoms with Crippen LogP contribution in [-0.2, 0) is 11.2 Å². The molecule has 1 saturated carbocycles. The van der Waals surface area contributed by atoms with Gasteiger partial charge < -0.3 is 15.5 Å². The average Bonchev–Trinajstić information content (AvgIpc) is 3.08. The molecule has 25 heavy (non-hydrogen) atoms. The Morgan fingerprint density at radius 3 is 2.56 bits per heavy atom. The summed E-state index contributed by atoms with van der Waals surface area (Å²) >= 11 is 0. The van der Waals surface area contributed by atoms with Crippen LogP contribution in [0.25, 0.3) is 0 Å². The Balaban J connectivity index is 0.00000312. The van der Waals surface area contributed by atoms with Gasteiger partial charge in [-0.2, -0.15) is 0 Å². The van der Waals surface area contributed by atoms with E-state index in [4.69, 9.17) is 0 Å². The number of rotatable bonds is 6. The number of carbonyl (C=O) groups is 1. The molecule has 2 N–H and O–H groups in total. The van der Waals surface area contributed by atoms with Gasteiger partial charge in [-0.3, -0.25) is 14.8 Å². The Morgan fingerprint density at radius 2 is 2.00 bits per heavy atom. The highest BCUT2D eigenvalue weighted by molar-refractivity contribution is 14.0. The summed E-state index contributed by atoms with van der Waals surface area (Å²) < 4.78 is 0. The van der Waals surface area contributed by atoms with E-state index in [-0.39, 0.29) is 35.3 Å². The lowest BCUT2D eigenvalue weighted by molar-refractivity contribution is -0.138. The molecule has 0 atom stereocenters. The van der Waals surface area contributed by atoms with Gasteiger partial charge in [0.1, 0.15) is 0 Å².